The van der Waals surface area contributed by atoms with Crippen LogP contribution in [0.3, 0.4) is 0 Å². The van der Waals surface area contributed by atoms with Crippen LogP contribution in [0, 0.1) is 17.2 Å². The van der Waals surface area contributed by atoms with Crippen LogP contribution in [0.4, 0.5) is 17.2 Å². The van der Waals surface area contributed by atoms with Crippen LogP contribution < -0.4 is 25.8 Å². The number of hydrogen-bond acceptors (Lipinski definition) is 13. The molecular weight excluding hydrogens is 801 g/mol. The number of nitrogens with zero attached hydrogens (tertiary/aromatic N) is 10. The number of benzene rings is 1. The number of imide groups is 2. The second kappa shape index (κ2) is 17.3. The van der Waals surface area contributed by atoms with E-state index in [4.69, 9.17) is 4.98 Å². The Labute approximate surface area is 352 Å². The quantitative estimate of drug-likeness (QED) is 0.218. The number of fused-ring (bicyclic) bond motifs is 2. The molecule has 0 bridgehead atoms. The molecule has 3 saturated heterocycles. The van der Waals surface area contributed by atoms with Crippen molar-refractivity contribution < 1.29 is 24.0 Å². The van der Waals surface area contributed by atoms with Gasteiger partial charge < -0.3 is 20.4 Å². The number of nitrogens with one attached hydrogen (secondary N) is 3. The Balaban J connectivity index is 0.00000264. The molecule has 1 unspecified atom stereocenters. The summed E-state index contributed by atoms with van der Waals surface area (Å²) in [4.78, 5) is 76.6. The van der Waals surface area contributed by atoms with Gasteiger partial charge in [-0.15, -0.1) is 24.8 Å². The number of halogens is 2. The van der Waals surface area contributed by atoms with Crippen molar-refractivity contribution in [3.8, 4) is 6.07 Å². The molecule has 5 aliphatic rings. The molecule has 1 saturated carbocycles. The summed E-state index contributed by atoms with van der Waals surface area (Å²) in [5, 5.41) is 27.3. The summed E-state index contributed by atoms with van der Waals surface area (Å²) in [6.45, 7) is 7.63. The van der Waals surface area contributed by atoms with Gasteiger partial charge in [0.15, 0.2) is 11.3 Å². The Morgan fingerprint density at radius 2 is 1.64 bits per heavy atom. The first-order valence-electron chi connectivity index (χ1n) is 19.7. The van der Waals surface area contributed by atoms with Crippen molar-refractivity contribution >= 4 is 77.2 Å². The van der Waals surface area contributed by atoms with Gasteiger partial charge in [0.1, 0.15) is 23.5 Å². The summed E-state index contributed by atoms with van der Waals surface area (Å²) < 4.78 is 3.41. The van der Waals surface area contributed by atoms with Crippen LogP contribution in [-0.4, -0.2) is 129 Å². The Bertz CT molecular complexity index is 2320. The number of amides is 5. The van der Waals surface area contributed by atoms with Crippen LogP contribution in [-0.2, 0) is 9.59 Å². The zero-order chi connectivity index (χ0) is 39.2. The van der Waals surface area contributed by atoms with Crippen molar-refractivity contribution in [1.29, 1.82) is 5.26 Å². The standard InChI is InChI=1S/C39H43N13O5.2ClH/c40-20-30-31(43-36(54)29-21-42-50-12-9-33(44-35(29)50)49-13-10-41-11-14-49)23-51(46-30)25-3-1-24(2-4-25)22-47-15-17-48(18-16-47)26-5-6-27-28(19-26)39(57)52(38(27)56)32-7-8-34(53)45-37(32)55;;/h5-6,9,12,19,21,23-25,32,41H,1-4,7-8,10-11,13-18,22H2,(H,43,54)(H,45,53,55);2*1H. The number of anilines is 3. The van der Waals surface area contributed by atoms with Crippen LogP contribution >= 0.6 is 24.8 Å². The Hall–Kier alpha value is -5.61. The number of piperazine rings is 2. The molecule has 0 radical (unpaired) electrons. The average Bonchev–Trinajstić information content (AvgIpc) is 3.92. The van der Waals surface area contributed by atoms with Crippen molar-refractivity contribution in [3.63, 3.8) is 0 Å². The van der Waals surface area contributed by atoms with Gasteiger partial charge in [-0.25, -0.2) is 9.50 Å². The summed E-state index contributed by atoms with van der Waals surface area (Å²) in [6, 6.07) is 8.46. The molecule has 7 heterocycles. The fourth-order valence-electron chi connectivity index (χ4n) is 8.83. The maximum atomic E-state index is 13.5. The first-order chi connectivity index (χ1) is 27.7. The number of piperidine rings is 1. The summed E-state index contributed by atoms with van der Waals surface area (Å²) in [7, 11) is 0. The Morgan fingerprint density at radius 3 is 2.37 bits per heavy atom. The minimum atomic E-state index is -0.985. The van der Waals surface area contributed by atoms with Crippen LogP contribution in [0.15, 0.2) is 42.9 Å². The smallest absolute Gasteiger partial charge is 0.262 e. The zero-order valence-corrected chi connectivity index (χ0v) is 33.8. The van der Waals surface area contributed by atoms with E-state index < -0.39 is 35.6 Å². The van der Waals surface area contributed by atoms with Gasteiger partial charge in [-0.05, 0) is 62.3 Å². The van der Waals surface area contributed by atoms with E-state index in [1.807, 2.05) is 16.8 Å². The van der Waals surface area contributed by atoms with Crippen LogP contribution in [0.2, 0.25) is 0 Å². The van der Waals surface area contributed by atoms with Gasteiger partial charge in [0.2, 0.25) is 11.8 Å². The molecule has 4 aliphatic heterocycles. The number of carbonyl (C=O) groups excluding carboxylic acids is 5. The predicted molar refractivity (Wildman–Crippen MR) is 220 cm³/mol. The second-order valence-electron chi connectivity index (χ2n) is 15.4. The number of hydrogen-bond donors (Lipinski definition) is 3. The molecule has 4 fully saturated rings. The molecule has 3 aromatic heterocycles. The Kier molecular flexibility index (Phi) is 12.2. The van der Waals surface area contributed by atoms with Crippen LogP contribution in [0.1, 0.15) is 81.3 Å². The lowest BCUT2D eigenvalue weighted by Gasteiger charge is -2.39. The fraction of sp³-hybridized carbons (Fsp3) is 0.462. The first-order valence-corrected chi connectivity index (χ1v) is 19.7. The van der Waals surface area contributed by atoms with E-state index in [2.05, 4.69) is 46.9 Å². The summed E-state index contributed by atoms with van der Waals surface area (Å²) >= 11 is 0. The van der Waals surface area contributed by atoms with Gasteiger partial charge in [0, 0.05) is 77.2 Å². The predicted octanol–water partition coefficient (Wildman–Crippen LogP) is 2.26. The molecule has 1 atom stereocenters. The molecule has 9 rings (SSSR count). The fourth-order valence-corrected chi connectivity index (χ4v) is 8.83. The van der Waals surface area contributed by atoms with Gasteiger partial charge in [0.05, 0.1) is 35.2 Å². The molecular formula is C39H45Cl2N13O5. The molecule has 3 N–H and O–H groups in total. The minimum Gasteiger partial charge on any atom is -0.369 e. The van der Waals surface area contributed by atoms with E-state index in [0.717, 1.165) is 101 Å². The normalized spacial score (nSPS) is 22.4. The van der Waals surface area contributed by atoms with Gasteiger partial charge >= 0.3 is 0 Å². The molecule has 5 amide bonds. The summed E-state index contributed by atoms with van der Waals surface area (Å²) in [6.07, 6.45) is 9.13. The van der Waals surface area contributed by atoms with Gasteiger partial charge in [-0.3, -0.25) is 43.8 Å². The van der Waals surface area contributed by atoms with Crippen LogP contribution in [0.5, 0.6) is 0 Å². The highest BCUT2D eigenvalue weighted by molar-refractivity contribution is 6.23. The molecule has 20 heteroatoms. The molecule has 1 aliphatic carbocycles. The Morgan fingerprint density at radius 1 is 0.898 bits per heavy atom. The zero-order valence-electron chi connectivity index (χ0n) is 32.2. The maximum Gasteiger partial charge on any atom is 0.262 e. The highest BCUT2D eigenvalue weighted by Crippen LogP contribution is 2.35. The average molecular weight is 847 g/mol. The third kappa shape index (κ3) is 8.07. The van der Waals surface area contributed by atoms with E-state index in [9.17, 15) is 29.2 Å². The molecule has 4 aromatic rings. The lowest BCUT2D eigenvalue weighted by atomic mass is 9.85. The molecule has 59 heavy (non-hydrogen) atoms. The number of rotatable bonds is 8. The van der Waals surface area contributed by atoms with Crippen molar-refractivity contribution in [2.24, 2.45) is 5.92 Å². The number of nitriles is 1. The van der Waals surface area contributed by atoms with E-state index >= 15 is 0 Å². The molecule has 310 valence electrons. The van der Waals surface area contributed by atoms with Gasteiger partial charge in [-0.1, -0.05) is 0 Å². The third-order valence-electron chi connectivity index (χ3n) is 12.0. The monoisotopic (exact) mass is 845 g/mol. The summed E-state index contributed by atoms with van der Waals surface area (Å²) in [5.74, 6) is -1.10. The highest BCUT2D eigenvalue weighted by atomic mass is 35.5. The van der Waals surface area contributed by atoms with Crippen molar-refractivity contribution in [3.05, 3.63) is 65.2 Å². The molecule has 18 nitrogen and oxygen atoms in total. The first kappa shape index (κ1) is 41.5. The van der Waals surface area contributed by atoms with Gasteiger partial charge in [-0.2, -0.15) is 15.5 Å². The minimum absolute atomic E-state index is 0. The second-order valence-corrected chi connectivity index (χ2v) is 15.4. The largest absolute Gasteiger partial charge is 0.369 e. The van der Waals surface area contributed by atoms with E-state index in [1.165, 1.54) is 6.20 Å². The molecule has 1 aromatic carbocycles. The van der Waals surface area contributed by atoms with E-state index in [1.54, 1.807) is 29.0 Å². The van der Waals surface area contributed by atoms with Gasteiger partial charge in [0.25, 0.3) is 17.7 Å². The van der Waals surface area contributed by atoms with Crippen LogP contribution in [0.25, 0.3) is 5.65 Å². The highest BCUT2D eigenvalue weighted by Gasteiger charge is 2.45. The molecule has 0 spiro atoms. The van der Waals surface area contributed by atoms with E-state index in [-0.39, 0.29) is 55.0 Å². The lowest BCUT2D eigenvalue weighted by molar-refractivity contribution is -0.136. The SMILES string of the molecule is Cl.Cl.N#Cc1nn(C2CCC(CN3CCN(c4ccc5c(c4)C(=O)N(C4CCC(=O)NC4=O)C5=O)CC3)CC2)cc1NC(=O)c1cnn2ccc(N3CCNCC3)nc12. The van der Waals surface area contributed by atoms with Crippen molar-refractivity contribution in [1.82, 2.24) is 44.8 Å². The van der Waals surface area contributed by atoms with Crippen molar-refractivity contribution in [2.45, 2.75) is 50.6 Å². The summed E-state index contributed by atoms with van der Waals surface area (Å²) in [5.41, 5.74) is 2.74. The van der Waals surface area contributed by atoms with E-state index in [0.29, 0.717) is 28.4 Å². The number of aromatic nitrogens is 5. The third-order valence-corrected chi connectivity index (χ3v) is 12.0. The number of carbonyl (C=O) groups is 5. The maximum absolute atomic E-state index is 13.5. The topological polar surface area (TPSA) is 206 Å². The lowest BCUT2D eigenvalue weighted by Crippen LogP contribution is -2.54. The van der Waals surface area contributed by atoms with Crippen molar-refractivity contribution in [2.75, 3.05) is 74.0 Å².